The molecule has 1 fully saturated rings. The molecule has 3 nitrogen and oxygen atoms in total. The molecule has 1 aliphatic carbocycles. The summed E-state index contributed by atoms with van der Waals surface area (Å²) in [6, 6.07) is 10.9. The van der Waals surface area contributed by atoms with E-state index in [2.05, 4.69) is 22.8 Å². The molecule has 2 heterocycles. The Hall–Kier alpha value is -1.30. The van der Waals surface area contributed by atoms with Crippen molar-refractivity contribution in [1.29, 1.82) is 0 Å². The monoisotopic (exact) mass is 359 g/mol. The van der Waals surface area contributed by atoms with Crippen LogP contribution in [0.5, 0.6) is 0 Å². The van der Waals surface area contributed by atoms with Crippen LogP contribution in [0, 0.1) is 5.92 Å². The van der Waals surface area contributed by atoms with Gasteiger partial charge in [-0.25, -0.2) is 0 Å². The highest BCUT2D eigenvalue weighted by atomic mass is 32.2. The molecule has 4 rings (SSSR count). The maximum Gasteiger partial charge on any atom is 0.279 e. The highest BCUT2D eigenvalue weighted by Crippen LogP contribution is 2.42. The topological polar surface area (TPSA) is 33.5 Å². The zero-order valence-electron chi connectivity index (χ0n) is 13.9. The molecule has 2 aliphatic rings. The molecular formula is C19H23N2OS2+. The van der Waals surface area contributed by atoms with Gasteiger partial charge in [-0.1, -0.05) is 12.1 Å². The lowest BCUT2D eigenvalue weighted by atomic mass is 9.96. The van der Waals surface area contributed by atoms with Crippen LogP contribution >= 0.6 is 23.1 Å². The fourth-order valence-corrected chi connectivity index (χ4v) is 5.33. The number of fused-ring (bicyclic) bond motifs is 1. The van der Waals surface area contributed by atoms with E-state index < -0.39 is 0 Å². The van der Waals surface area contributed by atoms with Crippen LogP contribution in [0.2, 0.25) is 0 Å². The van der Waals surface area contributed by atoms with Crippen molar-refractivity contribution < 1.29 is 9.69 Å². The lowest BCUT2D eigenvalue weighted by molar-refractivity contribution is -0.928. The van der Waals surface area contributed by atoms with Gasteiger partial charge in [0.2, 0.25) is 0 Å². The summed E-state index contributed by atoms with van der Waals surface area (Å²) in [4.78, 5) is 16.8. The highest BCUT2D eigenvalue weighted by Gasteiger charge is 2.43. The summed E-state index contributed by atoms with van der Waals surface area (Å²) >= 11 is 3.56. The van der Waals surface area contributed by atoms with E-state index in [4.69, 9.17) is 0 Å². The second-order valence-corrected chi connectivity index (χ2v) is 8.55. The van der Waals surface area contributed by atoms with E-state index in [9.17, 15) is 4.79 Å². The number of hydrogen-bond donors (Lipinski definition) is 2. The van der Waals surface area contributed by atoms with E-state index in [0.717, 1.165) is 29.5 Å². The summed E-state index contributed by atoms with van der Waals surface area (Å²) in [7, 11) is 0. The van der Waals surface area contributed by atoms with E-state index >= 15 is 0 Å². The lowest BCUT2D eigenvalue weighted by Crippen LogP contribution is -3.14. The minimum absolute atomic E-state index is 0.135. The summed E-state index contributed by atoms with van der Waals surface area (Å²) in [5.74, 6) is 0.913. The van der Waals surface area contributed by atoms with Crippen molar-refractivity contribution in [1.82, 2.24) is 0 Å². The van der Waals surface area contributed by atoms with Gasteiger partial charge < -0.3 is 10.2 Å². The lowest BCUT2D eigenvalue weighted by Gasteiger charge is -2.32. The van der Waals surface area contributed by atoms with E-state index in [1.165, 1.54) is 23.3 Å². The quantitative estimate of drug-likeness (QED) is 0.805. The molecule has 1 aliphatic heterocycles. The predicted octanol–water partition coefficient (Wildman–Crippen LogP) is 3.00. The first-order chi connectivity index (χ1) is 11.8. The van der Waals surface area contributed by atoms with E-state index in [0.29, 0.717) is 12.6 Å². The van der Waals surface area contributed by atoms with E-state index in [1.54, 1.807) is 16.6 Å². The second-order valence-electron chi connectivity index (χ2n) is 6.70. The Labute approximate surface area is 151 Å². The molecule has 24 heavy (non-hydrogen) atoms. The molecule has 1 amide bonds. The van der Waals surface area contributed by atoms with Crippen LogP contribution in [-0.2, 0) is 11.2 Å². The zero-order valence-corrected chi connectivity index (χ0v) is 15.5. The number of quaternary nitrogens is 1. The molecule has 1 aromatic heterocycles. The van der Waals surface area contributed by atoms with Crippen molar-refractivity contribution in [3.8, 4) is 0 Å². The molecule has 5 heteroatoms. The van der Waals surface area contributed by atoms with Gasteiger partial charge in [-0.3, -0.25) is 4.79 Å². The van der Waals surface area contributed by atoms with Gasteiger partial charge in [0.05, 0.1) is 12.2 Å². The first-order valence-corrected chi connectivity index (χ1v) is 10.7. The van der Waals surface area contributed by atoms with E-state index in [1.807, 2.05) is 35.8 Å². The number of para-hydroxylation sites is 1. The number of carbonyl (C=O) groups is 1. The average Bonchev–Trinajstić information content (AvgIpc) is 3.31. The summed E-state index contributed by atoms with van der Waals surface area (Å²) in [6.07, 6.45) is 5.79. The first kappa shape index (κ1) is 16.2. The summed E-state index contributed by atoms with van der Waals surface area (Å²) in [6.45, 7) is 1.64. The minimum atomic E-state index is 0.135. The number of anilines is 1. The summed E-state index contributed by atoms with van der Waals surface area (Å²) < 4.78 is 0. The fraction of sp³-hybridized carbons (Fsp3) is 0.421. The van der Waals surface area contributed by atoms with Gasteiger partial charge in [-0.05, 0) is 42.7 Å². The van der Waals surface area contributed by atoms with Crippen LogP contribution in [0.25, 0.3) is 0 Å². The number of thioether (sulfide) groups is 1. The normalized spacial score (nSPS) is 22.9. The van der Waals surface area contributed by atoms with Gasteiger partial charge in [0.15, 0.2) is 6.54 Å². The molecule has 0 spiro atoms. The number of carbonyl (C=O) groups excluding carboxylic acids is 1. The average molecular weight is 360 g/mol. The van der Waals surface area contributed by atoms with Crippen LogP contribution < -0.4 is 10.2 Å². The summed E-state index contributed by atoms with van der Waals surface area (Å²) in [5.41, 5.74) is 2.45. The predicted molar refractivity (Wildman–Crippen MR) is 101 cm³/mol. The van der Waals surface area contributed by atoms with Gasteiger partial charge in [0.1, 0.15) is 6.04 Å². The number of rotatable bonds is 5. The Balaban J connectivity index is 1.47. The molecule has 2 N–H and O–H groups in total. The number of benzene rings is 1. The Morgan fingerprint density at radius 1 is 1.33 bits per heavy atom. The van der Waals surface area contributed by atoms with Crippen molar-refractivity contribution >= 4 is 34.7 Å². The minimum Gasteiger partial charge on any atom is -0.320 e. The maximum absolute atomic E-state index is 12.6. The van der Waals surface area contributed by atoms with Gasteiger partial charge >= 0.3 is 0 Å². The largest absolute Gasteiger partial charge is 0.320 e. The third kappa shape index (κ3) is 3.25. The Bertz CT molecular complexity index is 738. The Kier molecular flexibility index (Phi) is 4.66. The van der Waals surface area contributed by atoms with Gasteiger partial charge in [-0.15, -0.1) is 23.1 Å². The molecule has 1 unspecified atom stereocenters. The molecule has 126 valence electrons. The summed E-state index contributed by atoms with van der Waals surface area (Å²) in [5, 5.41) is 5.35. The third-order valence-electron chi connectivity index (χ3n) is 5.09. The zero-order chi connectivity index (χ0) is 16.5. The van der Waals surface area contributed by atoms with Crippen molar-refractivity contribution in [2.45, 2.75) is 30.2 Å². The molecular weight excluding hydrogens is 336 g/mol. The van der Waals surface area contributed by atoms with Crippen LogP contribution in [0.3, 0.4) is 0 Å². The van der Waals surface area contributed by atoms with Crippen LogP contribution in [0.15, 0.2) is 40.6 Å². The van der Waals surface area contributed by atoms with Crippen LogP contribution in [-0.4, -0.2) is 25.3 Å². The molecule has 2 atom stereocenters. The van der Waals surface area contributed by atoms with Gasteiger partial charge in [0.25, 0.3) is 5.91 Å². The Morgan fingerprint density at radius 3 is 2.96 bits per heavy atom. The Morgan fingerprint density at radius 2 is 2.17 bits per heavy atom. The van der Waals surface area contributed by atoms with E-state index in [-0.39, 0.29) is 5.91 Å². The number of hydrogen-bond acceptors (Lipinski definition) is 3. The molecule has 1 saturated carbocycles. The maximum atomic E-state index is 12.6. The highest BCUT2D eigenvalue weighted by molar-refractivity contribution is 7.98. The van der Waals surface area contributed by atoms with Crippen molar-refractivity contribution in [2.75, 3.05) is 24.7 Å². The van der Waals surface area contributed by atoms with Crippen molar-refractivity contribution in [3.05, 3.63) is 46.2 Å². The van der Waals surface area contributed by atoms with Crippen LogP contribution in [0.1, 0.15) is 29.3 Å². The fourth-order valence-electron chi connectivity index (χ4n) is 3.84. The standard InChI is InChI=1S/C19H22N2OS2/c1-23-17-5-3-2-4-15(17)20-18(22)12-21-10-8-16-14(9-11-24-16)19(21)13-6-7-13/h2-5,9,11,13,19H,6-8,10,12H2,1H3,(H,20,22)/p+1/t19-/m1/s1. The number of amides is 1. The van der Waals surface area contributed by atoms with Gasteiger partial charge in [-0.2, -0.15) is 0 Å². The number of nitrogens with one attached hydrogen (secondary N) is 2. The molecule has 2 aromatic rings. The van der Waals surface area contributed by atoms with Gasteiger partial charge in [0, 0.05) is 27.7 Å². The second kappa shape index (κ2) is 6.90. The number of thiophene rings is 1. The molecule has 0 saturated heterocycles. The van der Waals surface area contributed by atoms with Crippen LogP contribution in [0.4, 0.5) is 5.69 Å². The molecule has 0 bridgehead atoms. The smallest absolute Gasteiger partial charge is 0.279 e. The van der Waals surface area contributed by atoms with Crippen molar-refractivity contribution in [2.24, 2.45) is 5.92 Å². The SMILES string of the molecule is CSc1ccccc1NC(=O)C[NH+]1CCc2sccc2[C@H]1C1CC1. The third-order valence-corrected chi connectivity index (χ3v) is 6.88. The van der Waals surface area contributed by atoms with Crippen molar-refractivity contribution in [3.63, 3.8) is 0 Å². The molecule has 0 radical (unpaired) electrons. The first-order valence-electron chi connectivity index (χ1n) is 8.60. The molecule has 1 aromatic carbocycles.